The van der Waals surface area contributed by atoms with Gasteiger partial charge in [-0.25, -0.2) is 0 Å². The van der Waals surface area contributed by atoms with E-state index in [2.05, 4.69) is 24.5 Å². The summed E-state index contributed by atoms with van der Waals surface area (Å²) in [5.74, 6) is 0.142. The quantitative estimate of drug-likeness (QED) is 0.822. The first-order chi connectivity index (χ1) is 8.13. The summed E-state index contributed by atoms with van der Waals surface area (Å²) in [6.45, 7) is 6.88. The van der Waals surface area contributed by atoms with Gasteiger partial charge >= 0.3 is 0 Å². The van der Waals surface area contributed by atoms with Crippen LogP contribution in [0.2, 0.25) is 0 Å². The molecule has 3 nitrogen and oxygen atoms in total. The van der Waals surface area contributed by atoms with Crippen LogP contribution < -0.4 is 10.6 Å². The molecule has 2 rings (SSSR count). The molecule has 1 amide bonds. The Morgan fingerprint density at radius 2 is 2.00 bits per heavy atom. The van der Waals surface area contributed by atoms with Crippen molar-refractivity contribution in [3.8, 4) is 0 Å². The van der Waals surface area contributed by atoms with Crippen molar-refractivity contribution >= 4 is 17.3 Å². The van der Waals surface area contributed by atoms with Crippen molar-refractivity contribution in [3.63, 3.8) is 0 Å². The topological polar surface area (TPSA) is 41.1 Å². The lowest BCUT2D eigenvalue weighted by molar-refractivity contribution is -0.125. The molecule has 0 atom stereocenters. The van der Waals surface area contributed by atoms with E-state index in [4.69, 9.17) is 0 Å². The van der Waals surface area contributed by atoms with Crippen molar-refractivity contribution in [2.45, 2.75) is 33.6 Å². The van der Waals surface area contributed by atoms with E-state index in [1.807, 2.05) is 25.1 Å². The molecule has 0 unspecified atom stereocenters. The minimum Gasteiger partial charge on any atom is -0.382 e. The van der Waals surface area contributed by atoms with Crippen LogP contribution >= 0.6 is 0 Å². The Balaban J connectivity index is 2.41. The van der Waals surface area contributed by atoms with E-state index in [1.165, 1.54) is 0 Å². The highest BCUT2D eigenvalue weighted by molar-refractivity contribution is 6.00. The first-order valence-corrected chi connectivity index (χ1v) is 6.28. The second-order valence-electron chi connectivity index (χ2n) is 4.79. The maximum absolute atomic E-state index is 12.4. The maximum atomic E-state index is 12.4. The Morgan fingerprint density at radius 1 is 1.29 bits per heavy atom. The predicted octanol–water partition coefficient (Wildman–Crippen LogP) is 3.17. The van der Waals surface area contributed by atoms with E-state index < -0.39 is 0 Å². The zero-order valence-corrected chi connectivity index (χ0v) is 10.8. The molecule has 17 heavy (non-hydrogen) atoms. The molecule has 0 saturated carbocycles. The fraction of sp³-hybridized carbons (Fsp3) is 0.500. The van der Waals surface area contributed by atoms with Crippen LogP contribution in [0, 0.1) is 12.3 Å². The van der Waals surface area contributed by atoms with E-state index in [0.717, 1.165) is 29.8 Å². The molecule has 1 aliphatic heterocycles. The number of carbonyl (C=O) groups excluding carboxylic acids is 1. The molecule has 1 aromatic rings. The molecule has 92 valence electrons. The number of aryl methyl sites for hydroxylation is 1. The van der Waals surface area contributed by atoms with Crippen LogP contribution in [0.25, 0.3) is 0 Å². The first-order valence-electron chi connectivity index (χ1n) is 6.28. The molecule has 1 heterocycles. The fourth-order valence-electron chi connectivity index (χ4n) is 2.39. The summed E-state index contributed by atoms with van der Waals surface area (Å²) in [6, 6.07) is 6.05. The van der Waals surface area contributed by atoms with E-state index >= 15 is 0 Å². The highest BCUT2D eigenvalue weighted by Crippen LogP contribution is 2.36. The lowest BCUT2D eigenvalue weighted by atomic mass is 9.81. The summed E-state index contributed by atoms with van der Waals surface area (Å²) in [7, 11) is 0. The lowest BCUT2D eigenvalue weighted by Gasteiger charge is -2.27. The van der Waals surface area contributed by atoms with Crippen LogP contribution in [0.1, 0.15) is 32.3 Å². The normalized spacial score (nSPS) is 17.7. The minimum atomic E-state index is -0.286. The van der Waals surface area contributed by atoms with Crippen LogP contribution in [0.15, 0.2) is 18.2 Å². The van der Waals surface area contributed by atoms with Crippen molar-refractivity contribution in [1.29, 1.82) is 0 Å². The summed E-state index contributed by atoms with van der Waals surface area (Å²) < 4.78 is 0. The molecule has 0 spiro atoms. The van der Waals surface area contributed by atoms with Crippen LogP contribution in [0.3, 0.4) is 0 Å². The third-order valence-electron chi connectivity index (χ3n) is 3.96. The maximum Gasteiger partial charge on any atom is 0.232 e. The Morgan fingerprint density at radius 3 is 2.65 bits per heavy atom. The average molecular weight is 232 g/mol. The molecule has 3 heteroatoms. The number of amides is 1. The molecule has 0 fully saturated rings. The van der Waals surface area contributed by atoms with E-state index in [9.17, 15) is 4.79 Å². The predicted molar refractivity (Wildman–Crippen MR) is 71.3 cm³/mol. The number of fused-ring (bicyclic) bond motifs is 1. The molecular formula is C14H20N2O. The summed E-state index contributed by atoms with van der Waals surface area (Å²) in [5.41, 5.74) is 2.78. The molecule has 2 N–H and O–H groups in total. The van der Waals surface area contributed by atoms with Gasteiger partial charge < -0.3 is 10.6 Å². The number of nitrogens with one attached hydrogen (secondary N) is 2. The average Bonchev–Trinajstić information content (AvgIpc) is 2.48. The van der Waals surface area contributed by atoms with Gasteiger partial charge in [0.15, 0.2) is 0 Å². The molecular weight excluding hydrogens is 212 g/mol. The van der Waals surface area contributed by atoms with Crippen molar-refractivity contribution in [3.05, 3.63) is 23.8 Å². The fourth-order valence-corrected chi connectivity index (χ4v) is 2.39. The van der Waals surface area contributed by atoms with Gasteiger partial charge in [0.05, 0.1) is 16.8 Å². The SMILES string of the molecule is CCC1(CC)CNc2cccc(C)c2NC1=O. The third kappa shape index (κ3) is 1.90. The lowest BCUT2D eigenvalue weighted by Crippen LogP contribution is -2.39. The number of benzene rings is 1. The minimum absolute atomic E-state index is 0.142. The summed E-state index contributed by atoms with van der Waals surface area (Å²) in [6.07, 6.45) is 1.71. The molecule has 0 aromatic heterocycles. The Labute approximate surface area is 103 Å². The summed E-state index contributed by atoms with van der Waals surface area (Å²) in [5, 5.41) is 6.49. The van der Waals surface area contributed by atoms with Gasteiger partial charge in [-0.05, 0) is 31.4 Å². The molecule has 0 radical (unpaired) electrons. The molecule has 0 bridgehead atoms. The van der Waals surface area contributed by atoms with E-state index in [0.29, 0.717) is 6.54 Å². The van der Waals surface area contributed by atoms with Crippen molar-refractivity contribution in [2.24, 2.45) is 5.41 Å². The van der Waals surface area contributed by atoms with Crippen molar-refractivity contribution in [1.82, 2.24) is 0 Å². The molecule has 1 aromatic carbocycles. The van der Waals surface area contributed by atoms with Gasteiger partial charge in [0.2, 0.25) is 5.91 Å². The zero-order valence-electron chi connectivity index (χ0n) is 10.8. The highest BCUT2D eigenvalue weighted by Gasteiger charge is 2.37. The summed E-state index contributed by atoms with van der Waals surface area (Å²) >= 11 is 0. The molecule has 0 saturated heterocycles. The van der Waals surface area contributed by atoms with Crippen LogP contribution in [-0.2, 0) is 4.79 Å². The van der Waals surface area contributed by atoms with E-state index in [1.54, 1.807) is 0 Å². The van der Waals surface area contributed by atoms with Gasteiger partial charge in [-0.3, -0.25) is 4.79 Å². The van der Waals surface area contributed by atoms with Gasteiger partial charge in [0.1, 0.15) is 0 Å². The first kappa shape index (κ1) is 12.0. The van der Waals surface area contributed by atoms with Crippen LogP contribution in [-0.4, -0.2) is 12.5 Å². The van der Waals surface area contributed by atoms with Gasteiger partial charge in [-0.2, -0.15) is 0 Å². The Kier molecular flexibility index (Phi) is 3.09. The van der Waals surface area contributed by atoms with Crippen molar-refractivity contribution in [2.75, 3.05) is 17.2 Å². The third-order valence-corrected chi connectivity index (χ3v) is 3.96. The summed E-state index contributed by atoms with van der Waals surface area (Å²) in [4.78, 5) is 12.4. The number of hydrogen-bond donors (Lipinski definition) is 2. The largest absolute Gasteiger partial charge is 0.382 e. The van der Waals surface area contributed by atoms with E-state index in [-0.39, 0.29) is 11.3 Å². The van der Waals surface area contributed by atoms with Gasteiger partial charge in [-0.15, -0.1) is 0 Å². The standard InChI is InChI=1S/C14H20N2O/c1-4-14(5-2)9-15-11-8-6-7-10(3)12(11)16-13(14)17/h6-8,15H,4-5,9H2,1-3H3,(H,16,17). The van der Waals surface area contributed by atoms with Crippen LogP contribution in [0.5, 0.6) is 0 Å². The second kappa shape index (κ2) is 4.40. The number of para-hydroxylation sites is 1. The van der Waals surface area contributed by atoms with Gasteiger partial charge in [0, 0.05) is 6.54 Å². The van der Waals surface area contributed by atoms with Gasteiger partial charge in [-0.1, -0.05) is 26.0 Å². The Hall–Kier alpha value is -1.51. The zero-order chi connectivity index (χ0) is 12.5. The number of hydrogen-bond acceptors (Lipinski definition) is 2. The number of anilines is 2. The van der Waals surface area contributed by atoms with Crippen LogP contribution in [0.4, 0.5) is 11.4 Å². The van der Waals surface area contributed by atoms with Gasteiger partial charge in [0.25, 0.3) is 0 Å². The molecule has 1 aliphatic rings. The second-order valence-corrected chi connectivity index (χ2v) is 4.79. The highest BCUT2D eigenvalue weighted by atomic mass is 16.2. The van der Waals surface area contributed by atoms with Crippen molar-refractivity contribution < 1.29 is 4.79 Å². The molecule has 0 aliphatic carbocycles. The number of rotatable bonds is 2. The monoisotopic (exact) mass is 232 g/mol. The Bertz CT molecular complexity index is 436. The smallest absolute Gasteiger partial charge is 0.232 e. The number of carbonyl (C=O) groups is 1.